The molecule has 33 heavy (non-hydrogen) atoms. The monoisotopic (exact) mass is 491 g/mol. The van der Waals surface area contributed by atoms with Crippen LogP contribution >= 0.6 is 11.8 Å². The van der Waals surface area contributed by atoms with E-state index in [1.165, 1.54) is 11.2 Å². The highest BCUT2D eigenvalue weighted by atomic mass is 32.2. The quantitative estimate of drug-likeness (QED) is 0.302. The molecule has 0 saturated heterocycles. The maximum Gasteiger partial charge on any atom is 0.310 e. The second-order valence-corrected chi connectivity index (χ2v) is 11.7. The summed E-state index contributed by atoms with van der Waals surface area (Å²) in [5.41, 5.74) is 4.99. The maximum atomic E-state index is 12.4. The third kappa shape index (κ3) is 6.52. The Kier molecular flexibility index (Phi) is 8.84. The first-order valence-electron chi connectivity index (χ1n) is 11.2. The molecule has 1 N–H and O–H groups in total. The van der Waals surface area contributed by atoms with Crippen molar-refractivity contribution < 1.29 is 23.1 Å². The highest BCUT2D eigenvalue weighted by Crippen LogP contribution is 2.34. The molecule has 0 fully saturated rings. The summed E-state index contributed by atoms with van der Waals surface area (Å²) >= 11 is 1.68. The Bertz CT molecular complexity index is 1100. The average Bonchev–Trinajstić information content (AvgIpc) is 3.12. The molecule has 2 aromatic rings. The summed E-state index contributed by atoms with van der Waals surface area (Å²) in [5.74, 6) is -0.285. The molecule has 0 amide bonds. The van der Waals surface area contributed by atoms with E-state index in [9.17, 15) is 13.2 Å². The van der Waals surface area contributed by atoms with Crippen LogP contribution in [0.15, 0.2) is 41.3 Å². The molecule has 0 radical (unpaired) electrons. The lowest BCUT2D eigenvalue weighted by Crippen LogP contribution is -2.22. The average molecular weight is 492 g/mol. The van der Waals surface area contributed by atoms with E-state index in [2.05, 4.69) is 28.8 Å². The number of aromatic nitrogens is 1. The topological polar surface area (TPSA) is 85.6 Å². The number of rotatable bonds is 10. The summed E-state index contributed by atoms with van der Waals surface area (Å²) in [7, 11) is -3.06. The molecular weight excluding hydrogens is 458 g/mol. The Hall–Kier alpha value is -2.03. The molecule has 0 bridgehead atoms. The number of thioether (sulfide) groups is 1. The van der Waals surface area contributed by atoms with E-state index >= 15 is 0 Å². The van der Waals surface area contributed by atoms with Crippen molar-refractivity contribution in [1.82, 2.24) is 4.57 Å². The van der Waals surface area contributed by atoms with Gasteiger partial charge in [-0.15, -0.1) is 11.8 Å². The van der Waals surface area contributed by atoms with E-state index in [1.54, 1.807) is 11.8 Å². The summed E-state index contributed by atoms with van der Waals surface area (Å²) in [5, 5.41) is 8.55. The number of sulfone groups is 1. The fourth-order valence-corrected chi connectivity index (χ4v) is 5.58. The van der Waals surface area contributed by atoms with Crippen molar-refractivity contribution in [2.45, 2.75) is 55.6 Å². The largest absolute Gasteiger partial charge is 0.465 e. The SMILES string of the molecule is CSc1ccc(-n2c(C3=CCC(S(C)(=O)=O)CC3)cc(CC(=O)OCCCCO)c2C)cc1. The van der Waals surface area contributed by atoms with Crippen LogP contribution in [-0.4, -0.2) is 55.0 Å². The lowest BCUT2D eigenvalue weighted by molar-refractivity contribution is -0.143. The van der Waals surface area contributed by atoms with Crippen molar-refractivity contribution >= 4 is 33.1 Å². The Morgan fingerprint density at radius 1 is 1.24 bits per heavy atom. The van der Waals surface area contributed by atoms with Gasteiger partial charge in [0.1, 0.15) is 0 Å². The van der Waals surface area contributed by atoms with Crippen LogP contribution in [0.1, 0.15) is 49.1 Å². The molecule has 1 atom stereocenters. The van der Waals surface area contributed by atoms with Crippen LogP contribution in [0.2, 0.25) is 0 Å². The van der Waals surface area contributed by atoms with Crippen molar-refractivity contribution in [3.8, 4) is 5.69 Å². The minimum absolute atomic E-state index is 0.0908. The fraction of sp³-hybridized carbons (Fsp3) is 0.480. The molecule has 1 aromatic carbocycles. The van der Waals surface area contributed by atoms with Crippen molar-refractivity contribution in [2.75, 3.05) is 25.7 Å². The van der Waals surface area contributed by atoms with Gasteiger partial charge in [0.25, 0.3) is 0 Å². The van der Waals surface area contributed by atoms with Crippen LogP contribution in [0.3, 0.4) is 0 Å². The standard InChI is InChI=1S/C25H33NO5S2/c1-18-20(17-25(28)31-15-5-4-14-27)16-24(19-6-12-23(13-7-19)33(3,29)30)26(18)21-8-10-22(32-2)11-9-21/h6,8-11,16,23,27H,4-5,7,12-15,17H2,1-3H3. The molecule has 8 heteroatoms. The summed E-state index contributed by atoms with van der Waals surface area (Å²) in [6.45, 7) is 2.40. The van der Waals surface area contributed by atoms with E-state index in [1.807, 2.05) is 25.3 Å². The number of unbranched alkanes of at least 4 members (excludes halogenated alkanes) is 1. The molecular formula is C25H33NO5S2. The van der Waals surface area contributed by atoms with E-state index in [0.29, 0.717) is 38.7 Å². The first-order chi connectivity index (χ1) is 15.7. The number of hydrogen-bond acceptors (Lipinski definition) is 6. The molecule has 180 valence electrons. The van der Waals surface area contributed by atoms with Crippen molar-refractivity contribution in [3.63, 3.8) is 0 Å². The normalized spacial score (nSPS) is 16.5. The number of aliphatic hydroxyl groups excluding tert-OH is 1. The highest BCUT2D eigenvalue weighted by Gasteiger charge is 2.26. The summed E-state index contributed by atoms with van der Waals surface area (Å²) in [4.78, 5) is 13.6. The predicted molar refractivity (Wildman–Crippen MR) is 134 cm³/mol. The molecule has 1 aliphatic carbocycles. The zero-order valence-electron chi connectivity index (χ0n) is 19.5. The Labute approximate surface area is 201 Å². The van der Waals surface area contributed by atoms with Crippen LogP contribution in [0.5, 0.6) is 0 Å². The van der Waals surface area contributed by atoms with Crippen molar-refractivity contribution in [1.29, 1.82) is 0 Å². The van der Waals surface area contributed by atoms with Gasteiger partial charge < -0.3 is 14.4 Å². The van der Waals surface area contributed by atoms with Gasteiger partial charge in [0.2, 0.25) is 0 Å². The van der Waals surface area contributed by atoms with E-state index in [4.69, 9.17) is 9.84 Å². The van der Waals surface area contributed by atoms with Crippen molar-refractivity contribution in [2.24, 2.45) is 0 Å². The van der Waals surface area contributed by atoms with Gasteiger partial charge in [0.15, 0.2) is 9.84 Å². The van der Waals surface area contributed by atoms with Gasteiger partial charge in [-0.25, -0.2) is 8.42 Å². The lowest BCUT2D eigenvalue weighted by atomic mass is 9.96. The van der Waals surface area contributed by atoms with E-state index in [0.717, 1.165) is 28.2 Å². The maximum absolute atomic E-state index is 12.4. The third-order valence-corrected chi connectivity index (χ3v) is 8.51. The second kappa shape index (κ2) is 11.4. The number of allylic oxidation sites excluding steroid dienone is 2. The lowest BCUT2D eigenvalue weighted by Gasteiger charge is -2.22. The second-order valence-electron chi connectivity index (χ2n) is 8.46. The Morgan fingerprint density at radius 3 is 2.55 bits per heavy atom. The smallest absolute Gasteiger partial charge is 0.310 e. The van der Waals surface area contributed by atoms with Crippen LogP contribution in [0, 0.1) is 6.92 Å². The highest BCUT2D eigenvalue weighted by molar-refractivity contribution is 7.98. The summed E-state index contributed by atoms with van der Waals surface area (Å²) in [6.07, 6.45) is 8.59. The number of hydrogen-bond donors (Lipinski definition) is 1. The van der Waals surface area contributed by atoms with Gasteiger partial charge in [-0.05, 0) is 86.8 Å². The van der Waals surface area contributed by atoms with Crippen LogP contribution < -0.4 is 0 Å². The predicted octanol–water partition coefficient (Wildman–Crippen LogP) is 4.35. The number of carbonyl (C=O) groups is 1. The zero-order chi connectivity index (χ0) is 24.0. The zero-order valence-corrected chi connectivity index (χ0v) is 21.2. The Morgan fingerprint density at radius 2 is 1.97 bits per heavy atom. The first-order valence-corrected chi connectivity index (χ1v) is 14.4. The summed E-state index contributed by atoms with van der Waals surface area (Å²) < 4.78 is 31.5. The third-order valence-electron chi connectivity index (χ3n) is 6.13. The first kappa shape index (κ1) is 25.6. The van der Waals surface area contributed by atoms with Crippen LogP contribution in [0.25, 0.3) is 11.3 Å². The number of aliphatic hydroxyl groups is 1. The number of ether oxygens (including phenoxy) is 1. The van der Waals surface area contributed by atoms with E-state index < -0.39 is 9.84 Å². The molecule has 0 saturated carbocycles. The molecule has 6 nitrogen and oxygen atoms in total. The molecule has 0 aliphatic heterocycles. The molecule has 3 rings (SSSR count). The minimum atomic E-state index is -3.06. The van der Waals surface area contributed by atoms with Crippen molar-refractivity contribution in [3.05, 3.63) is 53.4 Å². The van der Waals surface area contributed by atoms with Crippen LogP contribution in [0.4, 0.5) is 0 Å². The van der Waals surface area contributed by atoms with E-state index in [-0.39, 0.29) is 24.2 Å². The molecule has 1 unspecified atom stereocenters. The minimum Gasteiger partial charge on any atom is -0.465 e. The molecule has 0 spiro atoms. The fourth-order valence-electron chi connectivity index (χ4n) is 4.18. The van der Waals surface area contributed by atoms with Gasteiger partial charge in [-0.3, -0.25) is 4.79 Å². The number of esters is 1. The number of carbonyl (C=O) groups excluding carboxylic acids is 1. The van der Waals surface area contributed by atoms with Gasteiger partial charge in [-0.1, -0.05) is 6.08 Å². The molecule has 1 heterocycles. The number of benzene rings is 1. The van der Waals surface area contributed by atoms with Crippen LogP contribution in [-0.2, 0) is 25.8 Å². The van der Waals surface area contributed by atoms with Gasteiger partial charge in [-0.2, -0.15) is 0 Å². The number of nitrogens with zero attached hydrogens (tertiary/aromatic N) is 1. The Balaban J connectivity index is 1.92. The van der Waals surface area contributed by atoms with Gasteiger partial charge in [0, 0.05) is 34.8 Å². The van der Waals surface area contributed by atoms with Gasteiger partial charge >= 0.3 is 5.97 Å². The van der Waals surface area contributed by atoms with Gasteiger partial charge in [0.05, 0.1) is 18.3 Å². The summed E-state index contributed by atoms with van der Waals surface area (Å²) in [6, 6.07) is 10.3. The molecule has 1 aromatic heterocycles. The molecule has 1 aliphatic rings.